The summed E-state index contributed by atoms with van der Waals surface area (Å²) in [5, 5.41) is 10.7. The average Bonchev–Trinajstić information content (AvgIpc) is 2.81. The largest absolute Gasteiger partial charge is 0.494 e. The van der Waals surface area contributed by atoms with Crippen LogP contribution in [-0.4, -0.2) is 26.9 Å². The van der Waals surface area contributed by atoms with E-state index in [-0.39, 0.29) is 5.95 Å². The van der Waals surface area contributed by atoms with Crippen molar-refractivity contribution in [3.63, 3.8) is 0 Å². The van der Waals surface area contributed by atoms with Crippen LogP contribution in [0.25, 0.3) is 0 Å². The van der Waals surface area contributed by atoms with Crippen molar-refractivity contribution in [1.29, 1.82) is 0 Å². The maximum atomic E-state index is 5.53. The first kappa shape index (κ1) is 12.2. The first-order chi connectivity index (χ1) is 8.79. The number of tetrazole rings is 1. The SMILES string of the molecule is CCCOc1ccc(CNn2nnnc2N)cc1. The minimum atomic E-state index is 0.234. The zero-order chi connectivity index (χ0) is 12.8. The Hall–Kier alpha value is -2.31. The second-order valence-corrected chi connectivity index (χ2v) is 3.78. The van der Waals surface area contributed by atoms with Gasteiger partial charge >= 0.3 is 0 Å². The van der Waals surface area contributed by atoms with Crippen molar-refractivity contribution < 1.29 is 4.74 Å². The first-order valence-corrected chi connectivity index (χ1v) is 5.79. The Labute approximate surface area is 105 Å². The van der Waals surface area contributed by atoms with Gasteiger partial charge in [0.05, 0.1) is 13.2 Å². The lowest BCUT2D eigenvalue weighted by Gasteiger charge is -2.07. The topological polar surface area (TPSA) is 90.9 Å². The summed E-state index contributed by atoms with van der Waals surface area (Å²) in [5.41, 5.74) is 9.61. The van der Waals surface area contributed by atoms with Crippen LogP contribution in [0.3, 0.4) is 0 Å². The Bertz CT molecular complexity index is 481. The fourth-order valence-corrected chi connectivity index (χ4v) is 1.40. The van der Waals surface area contributed by atoms with Crippen LogP contribution in [0.1, 0.15) is 18.9 Å². The molecule has 0 aliphatic carbocycles. The summed E-state index contributed by atoms with van der Waals surface area (Å²) in [7, 11) is 0. The second-order valence-electron chi connectivity index (χ2n) is 3.78. The Morgan fingerprint density at radius 2 is 2.11 bits per heavy atom. The van der Waals surface area contributed by atoms with Crippen molar-refractivity contribution in [2.75, 3.05) is 17.8 Å². The van der Waals surface area contributed by atoms with Crippen LogP contribution < -0.4 is 15.9 Å². The van der Waals surface area contributed by atoms with Crippen molar-refractivity contribution in [2.45, 2.75) is 19.9 Å². The predicted molar refractivity (Wildman–Crippen MR) is 67.5 cm³/mol. The number of hydrogen-bond donors (Lipinski definition) is 2. The lowest BCUT2D eigenvalue weighted by atomic mass is 10.2. The van der Waals surface area contributed by atoms with E-state index in [0.717, 1.165) is 24.3 Å². The summed E-state index contributed by atoms with van der Waals surface area (Å²) in [6.07, 6.45) is 1.00. The van der Waals surface area contributed by atoms with E-state index in [1.807, 2.05) is 24.3 Å². The number of anilines is 1. The molecule has 0 amide bonds. The van der Waals surface area contributed by atoms with E-state index >= 15 is 0 Å². The number of nitrogens with two attached hydrogens (primary N) is 1. The summed E-state index contributed by atoms with van der Waals surface area (Å²) < 4.78 is 5.50. The van der Waals surface area contributed by atoms with Crippen LogP contribution in [0.4, 0.5) is 5.95 Å². The number of hydrogen-bond acceptors (Lipinski definition) is 6. The minimum Gasteiger partial charge on any atom is -0.494 e. The van der Waals surface area contributed by atoms with E-state index in [4.69, 9.17) is 10.5 Å². The Morgan fingerprint density at radius 3 is 2.72 bits per heavy atom. The van der Waals surface area contributed by atoms with Gasteiger partial charge in [-0.05, 0) is 34.5 Å². The number of rotatable bonds is 6. The number of nitrogens with zero attached hydrogens (tertiary/aromatic N) is 4. The molecular formula is C11H16N6O. The van der Waals surface area contributed by atoms with Crippen LogP contribution in [0, 0.1) is 0 Å². The third-order valence-electron chi connectivity index (χ3n) is 2.32. The molecule has 2 rings (SSSR count). The van der Waals surface area contributed by atoms with Crippen LogP contribution in [-0.2, 0) is 6.54 Å². The highest BCUT2D eigenvalue weighted by Crippen LogP contribution is 2.12. The van der Waals surface area contributed by atoms with Crippen molar-refractivity contribution in [2.24, 2.45) is 0 Å². The van der Waals surface area contributed by atoms with Gasteiger partial charge in [-0.25, -0.2) is 0 Å². The van der Waals surface area contributed by atoms with Gasteiger partial charge in [0.1, 0.15) is 5.75 Å². The van der Waals surface area contributed by atoms with Crippen molar-refractivity contribution >= 4 is 5.95 Å². The van der Waals surface area contributed by atoms with Gasteiger partial charge < -0.3 is 15.9 Å². The lowest BCUT2D eigenvalue weighted by molar-refractivity contribution is 0.317. The maximum Gasteiger partial charge on any atom is 0.260 e. The first-order valence-electron chi connectivity index (χ1n) is 5.79. The number of nitrogen functional groups attached to an aromatic ring is 1. The van der Waals surface area contributed by atoms with Crippen LogP contribution in [0.2, 0.25) is 0 Å². The average molecular weight is 248 g/mol. The molecule has 18 heavy (non-hydrogen) atoms. The molecule has 2 aromatic rings. The van der Waals surface area contributed by atoms with E-state index < -0.39 is 0 Å². The zero-order valence-corrected chi connectivity index (χ0v) is 10.2. The van der Waals surface area contributed by atoms with E-state index in [1.54, 1.807) is 0 Å². The molecule has 0 bridgehead atoms. The monoisotopic (exact) mass is 248 g/mol. The minimum absolute atomic E-state index is 0.234. The molecule has 0 aliphatic heterocycles. The molecule has 0 fully saturated rings. The molecule has 0 unspecified atom stereocenters. The zero-order valence-electron chi connectivity index (χ0n) is 10.2. The summed E-state index contributed by atoms with van der Waals surface area (Å²) in [6, 6.07) is 7.85. The molecule has 0 saturated heterocycles. The molecule has 3 N–H and O–H groups in total. The van der Waals surface area contributed by atoms with Gasteiger partial charge in [0, 0.05) is 0 Å². The molecule has 1 aromatic carbocycles. The second kappa shape index (κ2) is 5.85. The molecule has 0 saturated carbocycles. The Kier molecular flexibility index (Phi) is 3.95. The normalized spacial score (nSPS) is 10.3. The quantitative estimate of drug-likeness (QED) is 0.785. The van der Waals surface area contributed by atoms with Gasteiger partial charge in [-0.3, -0.25) is 0 Å². The van der Waals surface area contributed by atoms with Crippen LogP contribution in [0.5, 0.6) is 5.75 Å². The molecular weight excluding hydrogens is 232 g/mol. The predicted octanol–water partition coefficient (Wildman–Crippen LogP) is 0.788. The maximum absolute atomic E-state index is 5.53. The Balaban J connectivity index is 1.88. The number of ether oxygens (including phenoxy) is 1. The fraction of sp³-hybridized carbons (Fsp3) is 0.364. The molecule has 0 radical (unpaired) electrons. The third kappa shape index (κ3) is 3.09. The van der Waals surface area contributed by atoms with Crippen LogP contribution >= 0.6 is 0 Å². The smallest absolute Gasteiger partial charge is 0.260 e. The highest BCUT2D eigenvalue weighted by molar-refractivity contribution is 5.28. The van der Waals surface area contributed by atoms with E-state index in [2.05, 4.69) is 27.9 Å². The van der Waals surface area contributed by atoms with Gasteiger partial charge in [-0.15, -0.1) is 4.79 Å². The van der Waals surface area contributed by atoms with Gasteiger partial charge in [0.25, 0.3) is 5.95 Å². The number of nitrogens with one attached hydrogen (secondary N) is 1. The number of benzene rings is 1. The fourth-order valence-electron chi connectivity index (χ4n) is 1.40. The molecule has 7 nitrogen and oxygen atoms in total. The van der Waals surface area contributed by atoms with Crippen molar-refractivity contribution in [1.82, 2.24) is 20.3 Å². The van der Waals surface area contributed by atoms with Gasteiger partial charge in [-0.2, -0.15) is 0 Å². The van der Waals surface area contributed by atoms with Crippen molar-refractivity contribution in [3.05, 3.63) is 29.8 Å². The lowest BCUT2D eigenvalue weighted by Crippen LogP contribution is -2.18. The summed E-state index contributed by atoms with van der Waals surface area (Å²) in [5.74, 6) is 1.11. The number of aromatic nitrogens is 4. The highest BCUT2D eigenvalue weighted by atomic mass is 16.5. The molecule has 7 heteroatoms. The molecule has 1 aromatic heterocycles. The summed E-state index contributed by atoms with van der Waals surface area (Å²) >= 11 is 0. The van der Waals surface area contributed by atoms with E-state index in [0.29, 0.717) is 6.54 Å². The van der Waals surface area contributed by atoms with Crippen LogP contribution in [0.15, 0.2) is 24.3 Å². The highest BCUT2D eigenvalue weighted by Gasteiger charge is 2.00. The molecule has 1 heterocycles. The third-order valence-corrected chi connectivity index (χ3v) is 2.32. The van der Waals surface area contributed by atoms with E-state index in [1.165, 1.54) is 4.79 Å². The molecule has 0 atom stereocenters. The van der Waals surface area contributed by atoms with Gasteiger partial charge in [0.2, 0.25) is 0 Å². The van der Waals surface area contributed by atoms with Gasteiger partial charge in [0.15, 0.2) is 0 Å². The standard InChI is InChI=1S/C11H16N6O/c1-2-7-18-10-5-3-9(4-6-10)8-13-17-11(12)14-15-16-17/h3-6,13H,2,7-8H2,1H3,(H2,12,14,16). The van der Waals surface area contributed by atoms with Gasteiger partial charge in [-0.1, -0.05) is 24.2 Å². The summed E-state index contributed by atoms with van der Waals surface area (Å²) in [4.78, 5) is 1.33. The summed E-state index contributed by atoms with van der Waals surface area (Å²) in [6.45, 7) is 3.40. The van der Waals surface area contributed by atoms with Crippen molar-refractivity contribution in [3.8, 4) is 5.75 Å². The molecule has 0 spiro atoms. The van der Waals surface area contributed by atoms with E-state index in [9.17, 15) is 0 Å². The molecule has 0 aliphatic rings. The Morgan fingerprint density at radius 1 is 1.33 bits per heavy atom. The molecule has 96 valence electrons.